The lowest BCUT2D eigenvalue weighted by Crippen LogP contribution is -2.59. The molecule has 1 aromatic heterocycles. The van der Waals surface area contributed by atoms with E-state index < -0.39 is 35.4 Å². The molecule has 144 valence electrons. The van der Waals surface area contributed by atoms with Crippen molar-refractivity contribution >= 4 is 17.7 Å². The van der Waals surface area contributed by atoms with E-state index in [9.17, 15) is 27.9 Å². The topological polar surface area (TPSA) is 83.0 Å². The van der Waals surface area contributed by atoms with E-state index in [1.165, 1.54) is 4.90 Å². The second-order valence-corrected chi connectivity index (χ2v) is 6.86. The van der Waals surface area contributed by atoms with Gasteiger partial charge in [-0.05, 0) is 26.8 Å². The number of carboxylic acids is 1. The molecule has 7 nitrogen and oxygen atoms in total. The third kappa shape index (κ3) is 4.55. The number of halogens is 3. The second-order valence-electron chi connectivity index (χ2n) is 6.86. The molecule has 1 amide bonds. The monoisotopic (exact) mass is 375 g/mol. The summed E-state index contributed by atoms with van der Waals surface area (Å²) in [4.78, 5) is 29.8. The number of piperazine rings is 1. The van der Waals surface area contributed by atoms with Crippen LogP contribution in [-0.2, 0) is 15.7 Å². The SMILES string of the molecule is CC(C)(C)OC(=O)N1CCN(c2cnccc2C(F)(F)F)CC1C(=O)O. The second kappa shape index (κ2) is 7.00. The van der Waals surface area contributed by atoms with Crippen molar-refractivity contribution in [2.24, 2.45) is 0 Å². The number of carboxylic acid groups (broad SMARTS) is 1. The molecule has 0 saturated carbocycles. The van der Waals surface area contributed by atoms with Crippen molar-refractivity contribution in [3.63, 3.8) is 0 Å². The third-order valence-electron chi connectivity index (χ3n) is 3.74. The summed E-state index contributed by atoms with van der Waals surface area (Å²) < 4.78 is 44.8. The van der Waals surface area contributed by atoms with Crippen LogP contribution < -0.4 is 4.90 Å². The molecule has 0 spiro atoms. The molecule has 2 rings (SSSR count). The summed E-state index contributed by atoms with van der Waals surface area (Å²) in [6.45, 7) is 4.56. The summed E-state index contributed by atoms with van der Waals surface area (Å²) in [5, 5.41) is 9.44. The predicted molar refractivity (Wildman–Crippen MR) is 85.8 cm³/mol. The summed E-state index contributed by atoms with van der Waals surface area (Å²) in [5.74, 6) is -1.32. The fourth-order valence-electron chi connectivity index (χ4n) is 2.63. The lowest BCUT2D eigenvalue weighted by atomic mass is 10.1. The minimum atomic E-state index is -4.60. The van der Waals surface area contributed by atoms with Gasteiger partial charge in [0.2, 0.25) is 0 Å². The summed E-state index contributed by atoms with van der Waals surface area (Å²) in [5.41, 5.74) is -1.93. The average Bonchev–Trinajstić information content (AvgIpc) is 2.51. The summed E-state index contributed by atoms with van der Waals surface area (Å²) in [6.07, 6.45) is -3.34. The van der Waals surface area contributed by atoms with Gasteiger partial charge in [0.25, 0.3) is 0 Å². The fraction of sp³-hybridized carbons (Fsp3) is 0.562. The first-order chi connectivity index (χ1) is 11.9. The van der Waals surface area contributed by atoms with Gasteiger partial charge in [0.15, 0.2) is 0 Å². The molecule has 26 heavy (non-hydrogen) atoms. The van der Waals surface area contributed by atoms with Crippen LogP contribution in [0.25, 0.3) is 0 Å². The molecule has 1 saturated heterocycles. The van der Waals surface area contributed by atoms with E-state index >= 15 is 0 Å². The van der Waals surface area contributed by atoms with E-state index in [1.54, 1.807) is 20.8 Å². The van der Waals surface area contributed by atoms with Crippen molar-refractivity contribution in [2.75, 3.05) is 24.5 Å². The van der Waals surface area contributed by atoms with Gasteiger partial charge in [-0.25, -0.2) is 9.59 Å². The predicted octanol–water partition coefficient (Wildman–Crippen LogP) is 2.61. The molecule has 0 bridgehead atoms. The van der Waals surface area contributed by atoms with Gasteiger partial charge in [-0.1, -0.05) is 0 Å². The van der Waals surface area contributed by atoms with Crippen LogP contribution >= 0.6 is 0 Å². The Hall–Kier alpha value is -2.52. The number of aliphatic carboxylic acids is 1. The number of nitrogens with zero attached hydrogens (tertiary/aromatic N) is 3. The zero-order chi connectivity index (χ0) is 19.7. The van der Waals surface area contributed by atoms with Crippen molar-refractivity contribution in [3.05, 3.63) is 24.0 Å². The largest absolute Gasteiger partial charge is 0.480 e. The number of hydrogen-bond donors (Lipinski definition) is 1. The van der Waals surface area contributed by atoms with Crippen LogP contribution in [0, 0.1) is 0 Å². The Balaban J connectivity index is 2.26. The Morgan fingerprint density at radius 1 is 1.27 bits per heavy atom. The number of alkyl halides is 3. The molecule has 1 fully saturated rings. The van der Waals surface area contributed by atoms with Crippen LogP contribution in [0.1, 0.15) is 26.3 Å². The maximum Gasteiger partial charge on any atom is 0.418 e. The van der Waals surface area contributed by atoms with Gasteiger partial charge >= 0.3 is 18.2 Å². The van der Waals surface area contributed by atoms with E-state index in [0.29, 0.717) is 0 Å². The van der Waals surface area contributed by atoms with E-state index in [0.717, 1.165) is 23.4 Å². The Morgan fingerprint density at radius 2 is 1.92 bits per heavy atom. The Morgan fingerprint density at radius 3 is 2.46 bits per heavy atom. The van der Waals surface area contributed by atoms with Crippen LogP contribution in [-0.4, -0.2) is 58.3 Å². The molecule has 1 aromatic rings. The highest BCUT2D eigenvalue weighted by molar-refractivity contribution is 5.81. The number of amides is 1. The Labute approximate surface area is 148 Å². The number of ether oxygens (including phenoxy) is 1. The molecule has 1 atom stereocenters. The molecule has 1 aliphatic rings. The van der Waals surface area contributed by atoms with Crippen LogP contribution in [0.4, 0.5) is 23.7 Å². The van der Waals surface area contributed by atoms with Crippen molar-refractivity contribution in [3.8, 4) is 0 Å². The minimum Gasteiger partial charge on any atom is -0.480 e. The lowest BCUT2D eigenvalue weighted by Gasteiger charge is -2.41. The highest BCUT2D eigenvalue weighted by atomic mass is 19.4. The van der Waals surface area contributed by atoms with Gasteiger partial charge in [0, 0.05) is 25.8 Å². The number of anilines is 1. The molecule has 0 radical (unpaired) electrons. The summed E-state index contributed by atoms with van der Waals surface area (Å²) in [7, 11) is 0. The third-order valence-corrected chi connectivity index (χ3v) is 3.74. The number of carbonyl (C=O) groups excluding carboxylic acids is 1. The lowest BCUT2D eigenvalue weighted by molar-refractivity contribution is -0.143. The first kappa shape index (κ1) is 19.8. The molecular weight excluding hydrogens is 355 g/mol. The number of pyridine rings is 1. The van der Waals surface area contributed by atoms with Gasteiger partial charge < -0.3 is 14.7 Å². The van der Waals surface area contributed by atoms with Crippen molar-refractivity contribution in [1.82, 2.24) is 9.88 Å². The minimum absolute atomic E-state index is 0.0256. The van der Waals surface area contributed by atoms with E-state index in [2.05, 4.69) is 4.98 Å². The smallest absolute Gasteiger partial charge is 0.418 e. The molecule has 1 N–H and O–H groups in total. The maximum absolute atomic E-state index is 13.2. The Bertz CT molecular complexity index is 688. The summed E-state index contributed by atoms with van der Waals surface area (Å²) >= 11 is 0. The highest BCUT2D eigenvalue weighted by Gasteiger charge is 2.41. The number of rotatable bonds is 2. The molecule has 2 heterocycles. The van der Waals surface area contributed by atoms with Crippen LogP contribution in [0.15, 0.2) is 18.5 Å². The average molecular weight is 375 g/mol. The summed E-state index contributed by atoms with van der Waals surface area (Å²) in [6, 6.07) is -0.495. The first-order valence-corrected chi connectivity index (χ1v) is 7.89. The van der Waals surface area contributed by atoms with E-state index in [1.807, 2.05) is 0 Å². The Kier molecular flexibility index (Phi) is 5.33. The van der Waals surface area contributed by atoms with Gasteiger partial charge in [-0.2, -0.15) is 13.2 Å². The van der Waals surface area contributed by atoms with Crippen molar-refractivity contribution in [1.29, 1.82) is 0 Å². The standard InChI is InChI=1S/C16H20F3N3O4/c1-15(2,3)26-14(25)22-7-6-21(9-12(22)13(23)24)11-8-20-5-4-10(11)16(17,18)19/h4-5,8,12H,6-7,9H2,1-3H3,(H,23,24). The van der Waals surface area contributed by atoms with Crippen molar-refractivity contribution in [2.45, 2.75) is 38.6 Å². The molecule has 0 aliphatic carbocycles. The number of carbonyl (C=O) groups is 2. The number of aromatic nitrogens is 1. The first-order valence-electron chi connectivity index (χ1n) is 7.89. The van der Waals surface area contributed by atoms with Gasteiger partial charge in [0.1, 0.15) is 11.6 Å². The molecule has 1 aliphatic heterocycles. The van der Waals surface area contributed by atoms with Crippen LogP contribution in [0.2, 0.25) is 0 Å². The molecular formula is C16H20F3N3O4. The zero-order valence-electron chi connectivity index (χ0n) is 14.6. The van der Waals surface area contributed by atoms with Gasteiger partial charge in [-0.15, -0.1) is 0 Å². The van der Waals surface area contributed by atoms with Gasteiger partial charge in [0.05, 0.1) is 17.4 Å². The molecule has 0 aromatic carbocycles. The van der Waals surface area contributed by atoms with Crippen LogP contribution in [0.3, 0.4) is 0 Å². The van der Waals surface area contributed by atoms with Crippen LogP contribution in [0.5, 0.6) is 0 Å². The highest BCUT2D eigenvalue weighted by Crippen LogP contribution is 2.36. The van der Waals surface area contributed by atoms with E-state index in [4.69, 9.17) is 4.74 Å². The maximum atomic E-state index is 13.2. The van der Waals surface area contributed by atoms with Crippen molar-refractivity contribution < 1.29 is 32.6 Å². The molecule has 1 unspecified atom stereocenters. The number of hydrogen-bond acceptors (Lipinski definition) is 5. The quantitative estimate of drug-likeness (QED) is 0.856. The van der Waals surface area contributed by atoms with Gasteiger partial charge in [-0.3, -0.25) is 9.88 Å². The normalized spacial score (nSPS) is 18.6. The fourth-order valence-corrected chi connectivity index (χ4v) is 2.63. The molecule has 10 heteroatoms. The van der Waals surface area contributed by atoms with E-state index in [-0.39, 0.29) is 25.3 Å². The zero-order valence-corrected chi connectivity index (χ0v) is 14.6.